The minimum Gasteiger partial charge on any atom is -0.508 e. The van der Waals surface area contributed by atoms with Crippen LogP contribution in [0.25, 0.3) is 0 Å². The molecule has 1 aliphatic carbocycles. The lowest BCUT2D eigenvalue weighted by atomic mass is 9.87. The minimum atomic E-state index is 0.381. The highest BCUT2D eigenvalue weighted by atomic mass is 16.5. The van der Waals surface area contributed by atoms with E-state index < -0.39 is 0 Å². The van der Waals surface area contributed by atoms with Gasteiger partial charge in [-0.2, -0.15) is 0 Å². The van der Waals surface area contributed by atoms with Crippen molar-refractivity contribution in [1.82, 2.24) is 5.32 Å². The lowest BCUT2D eigenvalue weighted by Crippen LogP contribution is -2.28. The summed E-state index contributed by atoms with van der Waals surface area (Å²) in [6, 6.07) is 6.20. The summed E-state index contributed by atoms with van der Waals surface area (Å²) >= 11 is 0. The van der Waals surface area contributed by atoms with Crippen molar-refractivity contribution in [2.45, 2.75) is 50.7 Å². The lowest BCUT2D eigenvalue weighted by Gasteiger charge is -2.27. The van der Waals surface area contributed by atoms with Crippen LogP contribution in [0.15, 0.2) is 18.2 Å². The molecule has 3 nitrogen and oxygen atoms in total. The number of aromatic hydroxyl groups is 1. The van der Waals surface area contributed by atoms with E-state index in [1.165, 1.54) is 36.8 Å². The first-order valence-corrected chi connectivity index (χ1v) is 7.50. The second-order valence-corrected chi connectivity index (χ2v) is 5.71. The van der Waals surface area contributed by atoms with Crippen molar-refractivity contribution in [3.8, 4) is 5.75 Å². The highest BCUT2D eigenvalue weighted by molar-refractivity contribution is 5.38. The molecule has 0 radical (unpaired) electrons. The third-order valence-electron chi connectivity index (χ3n) is 4.32. The summed E-state index contributed by atoms with van der Waals surface area (Å²) in [5.74, 6) is 0.381. The predicted molar refractivity (Wildman–Crippen MR) is 75.4 cm³/mol. The molecule has 2 aliphatic rings. The topological polar surface area (TPSA) is 41.5 Å². The van der Waals surface area contributed by atoms with Gasteiger partial charge in [-0.05, 0) is 68.3 Å². The van der Waals surface area contributed by atoms with E-state index in [1.807, 2.05) is 6.07 Å². The van der Waals surface area contributed by atoms with Crippen molar-refractivity contribution in [2.24, 2.45) is 0 Å². The molecule has 0 aromatic heterocycles. The molecule has 0 spiro atoms. The first-order valence-electron chi connectivity index (χ1n) is 7.50. The fourth-order valence-electron chi connectivity index (χ4n) is 3.29. The average molecular weight is 261 g/mol. The number of nitrogens with one attached hydrogen (secondary N) is 1. The third kappa shape index (κ3) is 3.10. The maximum absolute atomic E-state index is 9.66. The van der Waals surface area contributed by atoms with Crippen molar-refractivity contribution in [2.75, 3.05) is 13.2 Å². The molecule has 0 bridgehead atoms. The largest absolute Gasteiger partial charge is 0.508 e. The Balaban J connectivity index is 1.58. The zero-order valence-corrected chi connectivity index (χ0v) is 11.4. The average Bonchev–Trinajstić information content (AvgIpc) is 2.92. The number of phenols is 1. The molecule has 104 valence electrons. The molecule has 19 heavy (non-hydrogen) atoms. The maximum Gasteiger partial charge on any atom is 0.115 e. The van der Waals surface area contributed by atoms with Gasteiger partial charge in [-0.25, -0.2) is 0 Å². The molecule has 3 rings (SSSR count). The smallest absolute Gasteiger partial charge is 0.115 e. The highest BCUT2D eigenvalue weighted by Gasteiger charge is 2.21. The Morgan fingerprint density at radius 3 is 3.05 bits per heavy atom. The van der Waals surface area contributed by atoms with E-state index in [-0.39, 0.29) is 0 Å². The van der Waals surface area contributed by atoms with Crippen LogP contribution < -0.4 is 5.32 Å². The van der Waals surface area contributed by atoms with Crippen LogP contribution in [-0.4, -0.2) is 24.4 Å². The minimum absolute atomic E-state index is 0.381. The Kier molecular flexibility index (Phi) is 4.04. The van der Waals surface area contributed by atoms with Crippen molar-refractivity contribution >= 4 is 0 Å². The maximum atomic E-state index is 9.66. The fourth-order valence-corrected chi connectivity index (χ4v) is 3.29. The summed E-state index contributed by atoms with van der Waals surface area (Å²) in [5, 5.41) is 13.3. The monoisotopic (exact) mass is 261 g/mol. The number of rotatable bonds is 4. The predicted octanol–water partition coefficient (Wildman–Crippen LogP) is 2.93. The van der Waals surface area contributed by atoms with Crippen LogP contribution in [0.4, 0.5) is 0 Å². The van der Waals surface area contributed by atoms with Crippen LogP contribution in [-0.2, 0) is 11.2 Å². The summed E-state index contributed by atoms with van der Waals surface area (Å²) < 4.78 is 5.65. The van der Waals surface area contributed by atoms with Gasteiger partial charge < -0.3 is 15.2 Å². The second kappa shape index (κ2) is 5.93. The molecule has 2 N–H and O–H groups in total. The molecule has 2 unspecified atom stereocenters. The van der Waals surface area contributed by atoms with Gasteiger partial charge in [-0.1, -0.05) is 6.07 Å². The number of hydrogen-bond donors (Lipinski definition) is 2. The van der Waals surface area contributed by atoms with Gasteiger partial charge in [-0.15, -0.1) is 0 Å². The van der Waals surface area contributed by atoms with Gasteiger partial charge in [0.05, 0.1) is 6.10 Å². The zero-order valence-electron chi connectivity index (χ0n) is 11.4. The van der Waals surface area contributed by atoms with E-state index in [2.05, 4.69) is 11.4 Å². The van der Waals surface area contributed by atoms with Crippen LogP contribution in [0.1, 0.15) is 49.3 Å². The molecule has 3 heteroatoms. The van der Waals surface area contributed by atoms with E-state index in [0.29, 0.717) is 17.9 Å². The lowest BCUT2D eigenvalue weighted by molar-refractivity contribution is 0.103. The first kappa shape index (κ1) is 12.9. The number of aryl methyl sites for hydroxylation is 1. The van der Waals surface area contributed by atoms with E-state index >= 15 is 0 Å². The number of phenolic OH excluding ortho intramolecular Hbond substituents is 1. The molecule has 1 aromatic rings. The fraction of sp³-hybridized carbons (Fsp3) is 0.625. The van der Waals surface area contributed by atoms with Crippen molar-refractivity contribution in [3.05, 3.63) is 29.3 Å². The molecule has 1 fully saturated rings. The standard InChI is InChI=1S/C16H23NO2/c18-13-7-6-12-3-1-5-16(15(12)11-13)17-9-8-14-4-2-10-19-14/h6-7,11,14,16-18H,1-5,8-10H2. The third-order valence-corrected chi connectivity index (χ3v) is 4.32. The van der Waals surface area contributed by atoms with Gasteiger partial charge in [0.1, 0.15) is 5.75 Å². The van der Waals surface area contributed by atoms with Gasteiger partial charge >= 0.3 is 0 Å². The molecule has 1 heterocycles. The Morgan fingerprint density at radius 2 is 2.21 bits per heavy atom. The van der Waals surface area contributed by atoms with Crippen molar-refractivity contribution in [1.29, 1.82) is 0 Å². The molecule has 0 amide bonds. The number of hydrogen-bond acceptors (Lipinski definition) is 3. The van der Waals surface area contributed by atoms with Crippen LogP contribution in [0.5, 0.6) is 5.75 Å². The molecule has 1 aromatic carbocycles. The summed E-state index contributed by atoms with van der Waals surface area (Å²) in [4.78, 5) is 0. The molecular weight excluding hydrogens is 238 g/mol. The van der Waals surface area contributed by atoms with Crippen LogP contribution in [0.3, 0.4) is 0 Å². The van der Waals surface area contributed by atoms with Gasteiger partial charge in [0.2, 0.25) is 0 Å². The number of ether oxygens (including phenoxy) is 1. The normalized spacial score (nSPS) is 26.3. The molecule has 2 atom stereocenters. The number of benzene rings is 1. The van der Waals surface area contributed by atoms with Crippen LogP contribution >= 0.6 is 0 Å². The first-order chi connectivity index (χ1) is 9.33. The summed E-state index contributed by atoms with van der Waals surface area (Å²) in [6.45, 7) is 1.94. The van der Waals surface area contributed by atoms with Gasteiger partial charge in [0.25, 0.3) is 0 Å². The number of fused-ring (bicyclic) bond motifs is 1. The van der Waals surface area contributed by atoms with Gasteiger partial charge in [0.15, 0.2) is 0 Å². The molecule has 0 saturated carbocycles. The summed E-state index contributed by atoms with van der Waals surface area (Å²) in [7, 11) is 0. The van der Waals surface area contributed by atoms with E-state index in [1.54, 1.807) is 6.07 Å². The highest BCUT2D eigenvalue weighted by Crippen LogP contribution is 2.32. The molecular formula is C16H23NO2. The van der Waals surface area contributed by atoms with Gasteiger partial charge in [-0.3, -0.25) is 0 Å². The van der Waals surface area contributed by atoms with E-state index in [0.717, 1.165) is 26.0 Å². The Bertz CT molecular complexity index is 427. The SMILES string of the molecule is Oc1ccc2c(c1)C(NCCC1CCCO1)CCC2. The second-order valence-electron chi connectivity index (χ2n) is 5.71. The van der Waals surface area contributed by atoms with Crippen LogP contribution in [0.2, 0.25) is 0 Å². The summed E-state index contributed by atoms with van der Waals surface area (Å²) in [6.07, 6.45) is 7.52. The van der Waals surface area contributed by atoms with E-state index in [9.17, 15) is 5.11 Å². The Labute approximate surface area is 115 Å². The quantitative estimate of drug-likeness (QED) is 0.875. The van der Waals surface area contributed by atoms with Gasteiger partial charge in [0, 0.05) is 12.6 Å². The molecule has 1 aliphatic heterocycles. The van der Waals surface area contributed by atoms with Crippen molar-refractivity contribution in [3.63, 3.8) is 0 Å². The Morgan fingerprint density at radius 1 is 1.26 bits per heavy atom. The van der Waals surface area contributed by atoms with E-state index in [4.69, 9.17) is 4.74 Å². The van der Waals surface area contributed by atoms with Crippen molar-refractivity contribution < 1.29 is 9.84 Å². The Hall–Kier alpha value is -1.06. The summed E-state index contributed by atoms with van der Waals surface area (Å²) in [5.41, 5.74) is 2.68. The van der Waals surface area contributed by atoms with Crippen LogP contribution in [0, 0.1) is 0 Å². The zero-order chi connectivity index (χ0) is 13.1. The molecule has 1 saturated heterocycles.